The van der Waals surface area contributed by atoms with Crippen LogP contribution in [-0.2, 0) is 4.74 Å². The monoisotopic (exact) mass is 360 g/mol. The second-order valence-electron chi connectivity index (χ2n) is 3.42. The van der Waals surface area contributed by atoms with Gasteiger partial charge in [0.05, 0.1) is 17.8 Å². The molecule has 0 unspecified atom stereocenters. The normalized spacial score (nSPS) is 10.4. The maximum Gasteiger partial charge on any atom is 0.374 e. The Kier molecular flexibility index (Phi) is 3.55. The van der Waals surface area contributed by atoms with Crippen molar-refractivity contribution in [1.29, 1.82) is 0 Å². The van der Waals surface area contributed by atoms with Gasteiger partial charge in [-0.3, -0.25) is 4.79 Å². The number of esters is 1. The standard InChI is InChI=1S/C12H9IO5/c1-16-11-6(13)3-4-8-10(11)7(14)5-9(18-8)12(15)17-2/h3-5H,1-2H3. The predicted octanol–water partition coefficient (Wildman–Crippen LogP) is 2.19. The topological polar surface area (TPSA) is 65.7 Å². The van der Waals surface area contributed by atoms with Crippen molar-refractivity contribution in [1.82, 2.24) is 0 Å². The zero-order chi connectivity index (χ0) is 13.3. The summed E-state index contributed by atoms with van der Waals surface area (Å²) in [4.78, 5) is 23.3. The molecule has 0 saturated heterocycles. The van der Waals surface area contributed by atoms with Gasteiger partial charge in [0.2, 0.25) is 5.76 Å². The third-order valence-electron chi connectivity index (χ3n) is 2.39. The van der Waals surface area contributed by atoms with E-state index in [1.807, 2.05) is 0 Å². The number of hydrogen-bond acceptors (Lipinski definition) is 5. The summed E-state index contributed by atoms with van der Waals surface area (Å²) >= 11 is 2.06. The number of fused-ring (bicyclic) bond motifs is 1. The number of methoxy groups -OCH3 is 2. The number of rotatable bonds is 2. The molecule has 0 aliphatic carbocycles. The van der Waals surface area contributed by atoms with Crippen LogP contribution in [0.3, 0.4) is 0 Å². The predicted molar refractivity (Wildman–Crippen MR) is 73.1 cm³/mol. The van der Waals surface area contributed by atoms with Crippen molar-refractivity contribution in [2.75, 3.05) is 14.2 Å². The number of carbonyl (C=O) groups excluding carboxylic acids is 1. The first-order valence-electron chi connectivity index (χ1n) is 4.97. The van der Waals surface area contributed by atoms with Crippen LogP contribution in [0.15, 0.2) is 27.4 Å². The van der Waals surface area contributed by atoms with Gasteiger partial charge in [0.1, 0.15) is 16.7 Å². The molecule has 18 heavy (non-hydrogen) atoms. The molecule has 2 aromatic rings. The molecule has 1 aromatic heterocycles. The first-order valence-corrected chi connectivity index (χ1v) is 6.05. The van der Waals surface area contributed by atoms with E-state index >= 15 is 0 Å². The number of hydrogen-bond donors (Lipinski definition) is 0. The minimum atomic E-state index is -0.688. The smallest absolute Gasteiger partial charge is 0.374 e. The first-order chi connectivity index (χ1) is 8.58. The van der Waals surface area contributed by atoms with Crippen LogP contribution in [0.25, 0.3) is 11.0 Å². The van der Waals surface area contributed by atoms with Crippen molar-refractivity contribution in [3.05, 3.63) is 37.8 Å². The minimum absolute atomic E-state index is 0.127. The minimum Gasteiger partial charge on any atom is -0.495 e. The highest BCUT2D eigenvalue weighted by Crippen LogP contribution is 2.28. The van der Waals surface area contributed by atoms with Crippen molar-refractivity contribution in [2.45, 2.75) is 0 Å². The maximum atomic E-state index is 12.0. The van der Waals surface area contributed by atoms with Gasteiger partial charge >= 0.3 is 5.97 Å². The molecule has 0 aliphatic rings. The summed E-state index contributed by atoms with van der Waals surface area (Å²) in [6, 6.07) is 4.46. The summed E-state index contributed by atoms with van der Waals surface area (Å²) < 4.78 is 15.8. The molecule has 0 N–H and O–H groups in total. The van der Waals surface area contributed by atoms with E-state index in [0.717, 1.165) is 9.64 Å². The van der Waals surface area contributed by atoms with Crippen LogP contribution < -0.4 is 10.2 Å². The third-order valence-corrected chi connectivity index (χ3v) is 3.24. The second-order valence-corrected chi connectivity index (χ2v) is 4.58. The van der Waals surface area contributed by atoms with Gasteiger partial charge in [0, 0.05) is 6.07 Å². The molecule has 1 heterocycles. The Balaban J connectivity index is 2.81. The molecule has 1 aromatic carbocycles. The maximum absolute atomic E-state index is 12.0. The zero-order valence-corrected chi connectivity index (χ0v) is 11.8. The summed E-state index contributed by atoms with van der Waals surface area (Å²) in [7, 11) is 2.70. The lowest BCUT2D eigenvalue weighted by molar-refractivity contribution is 0.0565. The van der Waals surface area contributed by atoms with Crippen LogP contribution in [0.5, 0.6) is 5.75 Å². The van der Waals surface area contributed by atoms with Gasteiger partial charge in [-0.25, -0.2) is 4.79 Å². The Bertz CT molecular complexity index is 674. The van der Waals surface area contributed by atoms with Gasteiger partial charge in [-0.2, -0.15) is 0 Å². The second kappa shape index (κ2) is 4.97. The molecular weight excluding hydrogens is 351 g/mol. The fourth-order valence-corrected chi connectivity index (χ4v) is 2.27. The Hall–Kier alpha value is -1.57. The molecule has 94 valence electrons. The molecule has 2 rings (SSSR count). The summed E-state index contributed by atoms with van der Waals surface area (Å²) in [6.45, 7) is 0. The van der Waals surface area contributed by atoms with Gasteiger partial charge in [0.25, 0.3) is 0 Å². The van der Waals surface area contributed by atoms with E-state index in [0.29, 0.717) is 16.7 Å². The van der Waals surface area contributed by atoms with Crippen LogP contribution in [0.1, 0.15) is 10.6 Å². The molecule has 0 saturated carbocycles. The van der Waals surface area contributed by atoms with E-state index in [-0.39, 0.29) is 11.2 Å². The lowest BCUT2D eigenvalue weighted by Gasteiger charge is -2.07. The van der Waals surface area contributed by atoms with Crippen molar-refractivity contribution in [3.8, 4) is 5.75 Å². The highest BCUT2D eigenvalue weighted by molar-refractivity contribution is 14.1. The Morgan fingerprint density at radius 2 is 2.06 bits per heavy atom. The highest BCUT2D eigenvalue weighted by atomic mass is 127. The molecule has 5 nitrogen and oxygen atoms in total. The van der Waals surface area contributed by atoms with Gasteiger partial charge < -0.3 is 13.9 Å². The van der Waals surface area contributed by atoms with Crippen LogP contribution in [0, 0.1) is 3.57 Å². The Labute approximate surface area is 116 Å². The van der Waals surface area contributed by atoms with E-state index in [4.69, 9.17) is 9.15 Å². The molecular formula is C12H9IO5. The van der Waals surface area contributed by atoms with Crippen molar-refractivity contribution >= 4 is 39.5 Å². The molecule has 0 aliphatic heterocycles. The fraction of sp³-hybridized carbons (Fsp3) is 0.167. The SMILES string of the molecule is COC(=O)c1cc(=O)c2c(OC)c(I)ccc2o1. The molecule has 0 radical (unpaired) electrons. The zero-order valence-electron chi connectivity index (χ0n) is 9.65. The number of benzene rings is 1. The Morgan fingerprint density at radius 3 is 2.67 bits per heavy atom. The van der Waals surface area contributed by atoms with Crippen molar-refractivity contribution in [2.24, 2.45) is 0 Å². The third kappa shape index (κ3) is 2.07. The Morgan fingerprint density at radius 1 is 1.33 bits per heavy atom. The average molecular weight is 360 g/mol. The quantitative estimate of drug-likeness (QED) is 0.607. The molecule has 0 amide bonds. The van der Waals surface area contributed by atoms with Gasteiger partial charge in [-0.1, -0.05) is 0 Å². The summed E-state index contributed by atoms with van der Waals surface area (Å²) in [6.07, 6.45) is 0. The van der Waals surface area contributed by atoms with E-state index < -0.39 is 5.97 Å². The average Bonchev–Trinajstić information content (AvgIpc) is 2.38. The summed E-state index contributed by atoms with van der Waals surface area (Å²) in [5.74, 6) is -0.372. The van der Waals surface area contributed by atoms with Crippen LogP contribution in [-0.4, -0.2) is 20.2 Å². The van der Waals surface area contributed by atoms with Gasteiger partial charge in [-0.15, -0.1) is 0 Å². The van der Waals surface area contributed by atoms with Crippen molar-refractivity contribution in [3.63, 3.8) is 0 Å². The molecule has 0 spiro atoms. The van der Waals surface area contributed by atoms with E-state index in [1.54, 1.807) is 12.1 Å². The lowest BCUT2D eigenvalue weighted by atomic mass is 10.2. The van der Waals surface area contributed by atoms with Gasteiger partial charge in [0.15, 0.2) is 5.43 Å². The first kappa shape index (κ1) is 12.9. The summed E-state index contributed by atoms with van der Waals surface area (Å²) in [5, 5.41) is 0.317. The largest absolute Gasteiger partial charge is 0.495 e. The van der Waals surface area contributed by atoms with Crippen molar-refractivity contribution < 1.29 is 18.7 Å². The highest BCUT2D eigenvalue weighted by Gasteiger charge is 2.16. The molecule has 6 heteroatoms. The van der Waals surface area contributed by atoms with Crippen LogP contribution >= 0.6 is 22.6 Å². The van der Waals surface area contributed by atoms with Gasteiger partial charge in [-0.05, 0) is 34.7 Å². The van der Waals surface area contributed by atoms with E-state index in [2.05, 4.69) is 27.3 Å². The van der Waals surface area contributed by atoms with Crippen LogP contribution in [0.2, 0.25) is 0 Å². The molecule has 0 atom stereocenters. The van der Waals surface area contributed by atoms with E-state index in [9.17, 15) is 9.59 Å². The van der Waals surface area contributed by atoms with E-state index in [1.165, 1.54) is 14.2 Å². The van der Waals surface area contributed by atoms with Crippen LogP contribution in [0.4, 0.5) is 0 Å². The fourth-order valence-electron chi connectivity index (χ4n) is 1.60. The lowest BCUT2D eigenvalue weighted by Crippen LogP contribution is -2.09. The molecule has 0 fully saturated rings. The number of halogens is 1. The summed E-state index contributed by atoms with van der Waals surface area (Å²) in [5.41, 5.74) is -0.0489. The number of ether oxygens (including phenoxy) is 2. The number of carbonyl (C=O) groups is 1. The molecule has 0 bridgehead atoms.